The largest absolute Gasteiger partial charge is 0.496 e. The molecule has 2 aliphatic rings. The highest BCUT2D eigenvalue weighted by molar-refractivity contribution is 5.83. The lowest BCUT2D eigenvalue weighted by molar-refractivity contribution is -0.133. The molecule has 126 valence electrons. The molecule has 1 aliphatic carbocycles. The summed E-state index contributed by atoms with van der Waals surface area (Å²) >= 11 is 0. The van der Waals surface area contributed by atoms with E-state index in [1.807, 2.05) is 22.9 Å². The Hall–Kier alpha value is -2.37. The van der Waals surface area contributed by atoms with E-state index >= 15 is 0 Å². The van der Waals surface area contributed by atoms with Gasteiger partial charge in [0.1, 0.15) is 18.4 Å². The van der Waals surface area contributed by atoms with Crippen molar-refractivity contribution in [2.24, 2.45) is 5.92 Å². The van der Waals surface area contributed by atoms with E-state index in [0.717, 1.165) is 43.7 Å². The zero-order chi connectivity index (χ0) is 16.5. The van der Waals surface area contributed by atoms with Gasteiger partial charge in [0.05, 0.1) is 19.7 Å². The van der Waals surface area contributed by atoms with Crippen molar-refractivity contribution in [3.8, 4) is 5.75 Å². The predicted octanol–water partition coefficient (Wildman–Crippen LogP) is 2.08. The summed E-state index contributed by atoms with van der Waals surface area (Å²) < 4.78 is 7.27. The number of aromatic nitrogens is 3. The molecule has 1 aliphatic heterocycles. The van der Waals surface area contributed by atoms with Gasteiger partial charge in [0.2, 0.25) is 5.91 Å². The molecule has 1 aromatic heterocycles. The van der Waals surface area contributed by atoms with Crippen molar-refractivity contribution in [3.63, 3.8) is 0 Å². The molecule has 0 radical (unpaired) electrons. The quantitative estimate of drug-likeness (QED) is 0.844. The minimum atomic E-state index is 0.0950. The van der Waals surface area contributed by atoms with Crippen LogP contribution in [0.15, 0.2) is 36.9 Å². The lowest BCUT2D eigenvalue weighted by atomic mass is 10.1. The van der Waals surface area contributed by atoms with E-state index in [4.69, 9.17) is 4.74 Å². The monoisotopic (exact) mass is 326 g/mol. The second-order valence-electron chi connectivity index (χ2n) is 6.64. The number of hydrogen-bond donors (Lipinski definition) is 0. The topological polar surface area (TPSA) is 60.2 Å². The second kappa shape index (κ2) is 6.26. The van der Waals surface area contributed by atoms with Gasteiger partial charge in [-0.05, 0) is 36.8 Å². The first-order valence-corrected chi connectivity index (χ1v) is 8.53. The number of amides is 1. The van der Waals surface area contributed by atoms with Gasteiger partial charge in [0, 0.05) is 12.5 Å². The maximum atomic E-state index is 13.0. The number of carbonyl (C=O) groups excluding carboxylic acids is 1. The number of likely N-dealkylation sites (tertiary alicyclic amines) is 1. The molecule has 4 rings (SSSR count). The van der Waals surface area contributed by atoms with Crippen molar-refractivity contribution in [2.45, 2.75) is 37.8 Å². The van der Waals surface area contributed by atoms with Crippen LogP contribution in [0.2, 0.25) is 0 Å². The average molecular weight is 326 g/mol. The van der Waals surface area contributed by atoms with Gasteiger partial charge in [0.25, 0.3) is 0 Å². The molecular formula is C18H22N4O2. The van der Waals surface area contributed by atoms with Crippen LogP contribution in [-0.2, 0) is 11.3 Å². The van der Waals surface area contributed by atoms with Gasteiger partial charge < -0.3 is 9.64 Å². The highest BCUT2D eigenvalue weighted by atomic mass is 16.5. The average Bonchev–Trinajstić information content (AvgIpc) is 3.00. The molecule has 2 heterocycles. The van der Waals surface area contributed by atoms with Gasteiger partial charge in [-0.2, -0.15) is 5.10 Å². The zero-order valence-electron chi connectivity index (χ0n) is 13.8. The van der Waals surface area contributed by atoms with Crippen LogP contribution in [0.25, 0.3) is 0 Å². The van der Waals surface area contributed by atoms with Crippen molar-refractivity contribution in [2.75, 3.05) is 13.7 Å². The Bertz CT molecular complexity index is 716. The lowest BCUT2D eigenvalue weighted by Crippen LogP contribution is -2.39. The van der Waals surface area contributed by atoms with Crippen LogP contribution in [0, 0.1) is 5.92 Å². The third-order valence-corrected chi connectivity index (χ3v) is 5.17. The molecule has 0 bridgehead atoms. The number of rotatable bonds is 5. The maximum Gasteiger partial charge on any atom is 0.226 e. The van der Waals surface area contributed by atoms with Gasteiger partial charge in [-0.3, -0.25) is 9.48 Å². The van der Waals surface area contributed by atoms with E-state index < -0.39 is 0 Å². The SMILES string of the molecule is COc1ccccc1[C@@H]1C[C@H]1C(=O)N1CCC[C@@H]1Cn1cncn1. The lowest BCUT2D eigenvalue weighted by Gasteiger charge is -2.25. The normalized spacial score (nSPS) is 25.7. The van der Waals surface area contributed by atoms with Crippen LogP contribution >= 0.6 is 0 Å². The van der Waals surface area contributed by atoms with Crippen LogP contribution in [0.5, 0.6) is 5.75 Å². The molecule has 6 heteroatoms. The first-order chi connectivity index (χ1) is 11.8. The molecular weight excluding hydrogens is 304 g/mol. The Kier molecular flexibility index (Phi) is 3.96. The van der Waals surface area contributed by atoms with Crippen molar-refractivity contribution < 1.29 is 9.53 Å². The molecule has 1 amide bonds. The predicted molar refractivity (Wildman–Crippen MR) is 88.6 cm³/mol. The Morgan fingerprint density at radius 1 is 1.38 bits per heavy atom. The molecule has 2 aromatic rings. The molecule has 0 unspecified atom stereocenters. The third-order valence-electron chi connectivity index (χ3n) is 5.17. The van der Waals surface area contributed by atoms with Crippen molar-refractivity contribution >= 4 is 5.91 Å². The Morgan fingerprint density at radius 2 is 2.25 bits per heavy atom. The Labute approximate surface area is 141 Å². The second-order valence-corrected chi connectivity index (χ2v) is 6.64. The molecule has 0 N–H and O–H groups in total. The summed E-state index contributed by atoms with van der Waals surface area (Å²) in [6.07, 6.45) is 6.29. The molecule has 2 fully saturated rings. The first-order valence-electron chi connectivity index (χ1n) is 8.53. The van der Waals surface area contributed by atoms with E-state index in [9.17, 15) is 4.79 Å². The number of methoxy groups -OCH3 is 1. The Morgan fingerprint density at radius 3 is 3.04 bits per heavy atom. The van der Waals surface area contributed by atoms with Gasteiger partial charge in [0.15, 0.2) is 0 Å². The van der Waals surface area contributed by atoms with E-state index in [-0.39, 0.29) is 17.9 Å². The number of para-hydroxylation sites is 1. The molecule has 1 saturated heterocycles. The highest BCUT2D eigenvalue weighted by Gasteiger charge is 2.48. The number of benzene rings is 1. The van der Waals surface area contributed by atoms with Crippen LogP contribution < -0.4 is 4.74 Å². The smallest absolute Gasteiger partial charge is 0.226 e. The van der Waals surface area contributed by atoms with E-state index in [0.29, 0.717) is 5.92 Å². The van der Waals surface area contributed by atoms with E-state index in [1.165, 1.54) is 0 Å². The molecule has 3 atom stereocenters. The minimum absolute atomic E-state index is 0.0950. The first kappa shape index (κ1) is 15.2. The summed E-state index contributed by atoms with van der Waals surface area (Å²) in [5.74, 6) is 1.56. The number of nitrogens with zero attached hydrogens (tertiary/aromatic N) is 4. The number of ether oxygens (including phenoxy) is 1. The number of hydrogen-bond acceptors (Lipinski definition) is 4. The maximum absolute atomic E-state index is 13.0. The standard InChI is InChI=1S/C18H22N4O2/c1-24-17-7-3-2-6-14(17)15-9-16(15)18(23)22-8-4-5-13(22)10-21-12-19-11-20-21/h2-3,6-7,11-13,15-16H,4-5,8-10H2,1H3/t13-,15+,16-/m1/s1. The number of carbonyl (C=O) groups is 1. The van der Waals surface area contributed by atoms with E-state index in [2.05, 4.69) is 21.0 Å². The zero-order valence-corrected chi connectivity index (χ0v) is 13.8. The molecule has 6 nitrogen and oxygen atoms in total. The van der Waals surface area contributed by atoms with Gasteiger partial charge in [-0.25, -0.2) is 4.98 Å². The molecule has 1 aromatic carbocycles. The van der Waals surface area contributed by atoms with Crippen LogP contribution in [0.3, 0.4) is 0 Å². The van der Waals surface area contributed by atoms with Crippen LogP contribution in [-0.4, -0.2) is 45.3 Å². The summed E-state index contributed by atoms with van der Waals surface area (Å²) in [7, 11) is 1.69. The Balaban J connectivity index is 1.44. The summed E-state index contributed by atoms with van der Waals surface area (Å²) in [6, 6.07) is 8.27. The summed E-state index contributed by atoms with van der Waals surface area (Å²) in [4.78, 5) is 19.0. The van der Waals surface area contributed by atoms with Crippen molar-refractivity contribution in [1.82, 2.24) is 19.7 Å². The van der Waals surface area contributed by atoms with Crippen LogP contribution in [0.4, 0.5) is 0 Å². The summed E-state index contributed by atoms with van der Waals surface area (Å²) in [6.45, 7) is 1.59. The fraction of sp³-hybridized carbons (Fsp3) is 0.500. The minimum Gasteiger partial charge on any atom is -0.496 e. The van der Waals surface area contributed by atoms with Gasteiger partial charge >= 0.3 is 0 Å². The van der Waals surface area contributed by atoms with Gasteiger partial charge in [-0.1, -0.05) is 18.2 Å². The fourth-order valence-corrected chi connectivity index (χ4v) is 3.86. The van der Waals surface area contributed by atoms with Crippen molar-refractivity contribution in [1.29, 1.82) is 0 Å². The summed E-state index contributed by atoms with van der Waals surface area (Å²) in [5, 5.41) is 4.17. The molecule has 24 heavy (non-hydrogen) atoms. The third kappa shape index (κ3) is 2.77. The van der Waals surface area contributed by atoms with Crippen LogP contribution in [0.1, 0.15) is 30.7 Å². The molecule has 0 spiro atoms. The van der Waals surface area contributed by atoms with E-state index in [1.54, 1.807) is 19.8 Å². The van der Waals surface area contributed by atoms with Crippen molar-refractivity contribution in [3.05, 3.63) is 42.5 Å². The van der Waals surface area contributed by atoms with Gasteiger partial charge in [-0.15, -0.1) is 0 Å². The highest BCUT2D eigenvalue weighted by Crippen LogP contribution is 2.51. The summed E-state index contributed by atoms with van der Waals surface area (Å²) in [5.41, 5.74) is 1.16. The molecule has 1 saturated carbocycles. The fourth-order valence-electron chi connectivity index (χ4n) is 3.86.